The molecule has 0 unspecified atom stereocenters. The number of carbonyl (C=O) groups excluding carboxylic acids is 2. The largest absolute Gasteiger partial charge is 0.456 e. The number of H-pyrrole nitrogens is 1. The lowest BCUT2D eigenvalue weighted by molar-refractivity contribution is -0.114. The zero-order valence-electron chi connectivity index (χ0n) is 14.2. The Morgan fingerprint density at radius 2 is 2.00 bits per heavy atom. The predicted octanol–water partition coefficient (Wildman–Crippen LogP) is 3.24. The number of rotatable bonds is 7. The number of amides is 1. The molecule has 0 spiro atoms. The summed E-state index contributed by atoms with van der Waals surface area (Å²) in [7, 11) is 1.17. The first-order valence-electron chi connectivity index (χ1n) is 7.63. The summed E-state index contributed by atoms with van der Waals surface area (Å²) < 4.78 is 52.9. The molecule has 0 radical (unpaired) electrons. The standard InChI is InChI=1S/C16H14F4IN3O4/c1-24(28-5-4-25)15(27)9-7-12(13(26)16(18,19)20)23-14(9)22-11-3-2-8(21)6-10(11)17/h2-3,6-7,22-23,25H,4-5H2,1H3. The maximum absolute atomic E-state index is 14.1. The second-order valence-electron chi connectivity index (χ2n) is 5.41. The minimum Gasteiger partial charge on any atom is -0.394 e. The highest BCUT2D eigenvalue weighted by Crippen LogP contribution is 2.28. The number of hydroxylamine groups is 2. The number of aromatic nitrogens is 1. The van der Waals surface area contributed by atoms with Gasteiger partial charge in [-0.15, -0.1) is 0 Å². The van der Waals surface area contributed by atoms with Crippen molar-refractivity contribution in [1.29, 1.82) is 0 Å². The quantitative estimate of drug-likeness (QED) is 0.228. The van der Waals surface area contributed by atoms with E-state index < -0.39 is 36.0 Å². The van der Waals surface area contributed by atoms with Gasteiger partial charge in [-0.25, -0.2) is 9.45 Å². The van der Waals surface area contributed by atoms with E-state index in [2.05, 4.69) is 10.3 Å². The van der Waals surface area contributed by atoms with Gasteiger partial charge in [0, 0.05) is 10.6 Å². The number of hydrogen-bond donors (Lipinski definition) is 3. The highest BCUT2D eigenvalue weighted by Gasteiger charge is 2.41. The molecule has 3 N–H and O–H groups in total. The number of nitrogens with one attached hydrogen (secondary N) is 2. The monoisotopic (exact) mass is 515 g/mol. The van der Waals surface area contributed by atoms with Gasteiger partial charge in [-0.2, -0.15) is 13.2 Å². The number of aliphatic hydroxyl groups is 1. The Balaban J connectivity index is 2.44. The predicted molar refractivity (Wildman–Crippen MR) is 98.7 cm³/mol. The molecular weight excluding hydrogens is 501 g/mol. The lowest BCUT2D eigenvalue weighted by Crippen LogP contribution is -2.28. The molecule has 12 heteroatoms. The van der Waals surface area contributed by atoms with Crippen LogP contribution in [-0.2, 0) is 4.84 Å². The van der Waals surface area contributed by atoms with Gasteiger partial charge in [-0.1, -0.05) is 0 Å². The van der Waals surface area contributed by atoms with E-state index in [1.165, 1.54) is 25.2 Å². The number of alkyl halides is 3. The van der Waals surface area contributed by atoms with E-state index in [1.807, 2.05) is 22.6 Å². The number of ketones is 1. The van der Waals surface area contributed by atoms with Crippen molar-refractivity contribution in [1.82, 2.24) is 10.0 Å². The van der Waals surface area contributed by atoms with Crippen LogP contribution < -0.4 is 5.32 Å². The number of anilines is 2. The average molecular weight is 515 g/mol. The molecular formula is C16H14F4IN3O4. The van der Waals surface area contributed by atoms with Crippen molar-refractivity contribution in [3.63, 3.8) is 0 Å². The Labute approximate surface area is 169 Å². The minimum atomic E-state index is -5.17. The first kappa shape index (κ1) is 22.1. The van der Waals surface area contributed by atoms with Crippen LogP contribution in [0.5, 0.6) is 0 Å². The summed E-state index contributed by atoms with van der Waals surface area (Å²) in [5.74, 6) is -4.15. The summed E-state index contributed by atoms with van der Waals surface area (Å²) in [5, 5.41) is 11.9. The molecule has 0 aliphatic rings. The molecule has 0 bridgehead atoms. The fourth-order valence-corrected chi connectivity index (χ4v) is 2.58. The Kier molecular flexibility index (Phi) is 7.01. The third-order valence-corrected chi connectivity index (χ3v) is 4.07. The van der Waals surface area contributed by atoms with Crippen LogP contribution in [0, 0.1) is 9.39 Å². The van der Waals surface area contributed by atoms with Gasteiger partial charge in [0.1, 0.15) is 11.6 Å². The van der Waals surface area contributed by atoms with Crippen LogP contribution in [0.25, 0.3) is 0 Å². The lowest BCUT2D eigenvalue weighted by atomic mass is 10.2. The molecule has 1 aromatic carbocycles. The molecule has 0 aliphatic heterocycles. The van der Waals surface area contributed by atoms with Gasteiger partial charge in [0.25, 0.3) is 11.7 Å². The molecule has 7 nitrogen and oxygen atoms in total. The van der Waals surface area contributed by atoms with E-state index in [0.717, 1.165) is 0 Å². The van der Waals surface area contributed by atoms with Crippen LogP contribution in [0.3, 0.4) is 0 Å². The Morgan fingerprint density at radius 3 is 2.57 bits per heavy atom. The molecule has 0 saturated carbocycles. The smallest absolute Gasteiger partial charge is 0.394 e. The summed E-state index contributed by atoms with van der Waals surface area (Å²) in [5.41, 5.74) is -1.41. The van der Waals surface area contributed by atoms with Crippen LogP contribution in [0.2, 0.25) is 0 Å². The van der Waals surface area contributed by atoms with Gasteiger partial charge in [0.2, 0.25) is 0 Å². The van der Waals surface area contributed by atoms with Crippen LogP contribution in [0.1, 0.15) is 20.8 Å². The van der Waals surface area contributed by atoms with E-state index >= 15 is 0 Å². The third kappa shape index (κ3) is 5.20. The normalized spacial score (nSPS) is 11.4. The zero-order valence-corrected chi connectivity index (χ0v) is 16.4. The fraction of sp³-hybridized carbons (Fsp3) is 0.250. The third-order valence-electron chi connectivity index (χ3n) is 3.40. The average Bonchev–Trinajstić information content (AvgIpc) is 3.03. The van der Waals surface area contributed by atoms with E-state index in [0.29, 0.717) is 14.7 Å². The van der Waals surface area contributed by atoms with Crippen molar-refractivity contribution in [3.05, 3.63) is 44.9 Å². The summed E-state index contributed by atoms with van der Waals surface area (Å²) in [6.45, 7) is -0.642. The van der Waals surface area contributed by atoms with Gasteiger partial charge >= 0.3 is 6.18 Å². The molecule has 28 heavy (non-hydrogen) atoms. The molecule has 2 rings (SSSR count). The Hall–Kier alpha value is -2.19. The van der Waals surface area contributed by atoms with Crippen LogP contribution in [0.4, 0.5) is 29.1 Å². The zero-order chi connectivity index (χ0) is 21.1. The number of halogens is 5. The summed E-state index contributed by atoms with van der Waals surface area (Å²) >= 11 is 1.87. The molecule has 1 heterocycles. The number of aliphatic hydroxyl groups excluding tert-OH is 1. The maximum atomic E-state index is 14.1. The minimum absolute atomic E-state index is 0.124. The van der Waals surface area contributed by atoms with Gasteiger partial charge < -0.3 is 15.4 Å². The van der Waals surface area contributed by atoms with Crippen molar-refractivity contribution in [3.8, 4) is 0 Å². The molecule has 0 atom stereocenters. The summed E-state index contributed by atoms with van der Waals surface area (Å²) in [6.07, 6.45) is -5.17. The van der Waals surface area contributed by atoms with E-state index in [1.54, 1.807) is 0 Å². The molecule has 2 aromatic rings. The molecule has 1 aromatic heterocycles. The molecule has 152 valence electrons. The molecule has 0 saturated heterocycles. The fourth-order valence-electron chi connectivity index (χ4n) is 2.13. The van der Waals surface area contributed by atoms with Gasteiger partial charge in [-0.3, -0.25) is 14.4 Å². The van der Waals surface area contributed by atoms with Crippen LogP contribution in [0.15, 0.2) is 24.3 Å². The summed E-state index contributed by atoms with van der Waals surface area (Å²) in [6, 6.07) is 4.73. The Morgan fingerprint density at radius 1 is 1.32 bits per heavy atom. The first-order valence-corrected chi connectivity index (χ1v) is 8.71. The molecule has 0 fully saturated rings. The number of aromatic amines is 1. The topological polar surface area (TPSA) is 94.7 Å². The number of hydrogen-bond acceptors (Lipinski definition) is 5. The van der Waals surface area contributed by atoms with Crippen molar-refractivity contribution in [2.45, 2.75) is 6.18 Å². The molecule has 0 aliphatic carbocycles. The van der Waals surface area contributed by atoms with Gasteiger partial charge in [0.15, 0.2) is 0 Å². The van der Waals surface area contributed by atoms with Gasteiger partial charge in [0.05, 0.1) is 30.2 Å². The second kappa shape index (κ2) is 8.87. The van der Waals surface area contributed by atoms with Crippen molar-refractivity contribution < 1.29 is 37.1 Å². The lowest BCUT2D eigenvalue weighted by Gasteiger charge is -2.16. The first-order chi connectivity index (χ1) is 13.0. The second-order valence-corrected chi connectivity index (χ2v) is 6.65. The number of benzene rings is 1. The van der Waals surface area contributed by atoms with Crippen molar-refractivity contribution >= 4 is 45.8 Å². The van der Waals surface area contributed by atoms with Crippen molar-refractivity contribution in [2.75, 3.05) is 25.6 Å². The van der Waals surface area contributed by atoms with Crippen LogP contribution in [-0.4, -0.2) is 53.3 Å². The number of Topliss-reactive ketones (excluding diaryl/α,β-unsaturated/α-hetero) is 1. The highest BCUT2D eigenvalue weighted by molar-refractivity contribution is 14.1. The number of nitrogens with zero attached hydrogens (tertiary/aromatic N) is 1. The van der Waals surface area contributed by atoms with Crippen molar-refractivity contribution in [2.24, 2.45) is 0 Å². The molecule has 1 amide bonds. The SMILES string of the molecule is CN(OCCO)C(=O)c1cc(C(=O)C(F)(F)F)[nH]c1Nc1ccc(I)cc1F. The number of carbonyl (C=O) groups is 2. The van der Waals surface area contributed by atoms with E-state index in [-0.39, 0.29) is 23.7 Å². The van der Waals surface area contributed by atoms with E-state index in [9.17, 15) is 27.2 Å². The van der Waals surface area contributed by atoms with Gasteiger partial charge in [-0.05, 0) is 46.9 Å². The summed E-state index contributed by atoms with van der Waals surface area (Å²) in [4.78, 5) is 31.0. The van der Waals surface area contributed by atoms with E-state index in [4.69, 9.17) is 9.94 Å². The maximum Gasteiger partial charge on any atom is 0.456 e. The Bertz CT molecular complexity index is 885. The highest BCUT2D eigenvalue weighted by atomic mass is 127. The van der Waals surface area contributed by atoms with Crippen LogP contribution >= 0.6 is 22.6 Å².